The minimum absolute atomic E-state index is 0.437. The second-order valence-electron chi connectivity index (χ2n) is 17.6. The zero-order valence-electron chi connectivity index (χ0n) is 35.0. The van der Waals surface area contributed by atoms with Gasteiger partial charge in [0.05, 0.1) is 16.4 Å². The van der Waals surface area contributed by atoms with E-state index in [1.165, 1.54) is 127 Å². The van der Waals surface area contributed by atoms with Crippen LogP contribution in [0.1, 0.15) is 22.3 Å². The summed E-state index contributed by atoms with van der Waals surface area (Å²) in [4.78, 5) is 0. The molecule has 0 N–H and O–H groups in total. The minimum Gasteiger partial charge on any atom is -0.309 e. The summed E-state index contributed by atoms with van der Waals surface area (Å²) >= 11 is 0. The number of para-hydroxylation sites is 2. The quantitative estimate of drug-likeness (QED) is 0.167. The van der Waals surface area contributed by atoms with E-state index in [0.29, 0.717) is 0 Å². The van der Waals surface area contributed by atoms with Crippen LogP contribution in [0, 0.1) is 0 Å². The van der Waals surface area contributed by atoms with Gasteiger partial charge in [0, 0.05) is 16.5 Å². The van der Waals surface area contributed by atoms with Gasteiger partial charge in [-0.2, -0.15) is 0 Å². The second-order valence-corrected chi connectivity index (χ2v) is 17.6. The molecule has 1 aromatic heterocycles. The monoisotopic (exact) mass is 809 g/mol. The summed E-state index contributed by atoms with van der Waals surface area (Å²) in [6, 6.07) is 88.3. The molecule has 0 radical (unpaired) electrons. The Morgan fingerprint density at radius 3 is 1.50 bits per heavy atom. The number of aromatic nitrogens is 1. The lowest BCUT2D eigenvalue weighted by Gasteiger charge is -2.31. The molecule has 1 spiro atoms. The predicted molar refractivity (Wildman–Crippen MR) is 268 cm³/mol. The molecule has 0 aliphatic heterocycles. The molecule has 2 aliphatic carbocycles. The highest BCUT2D eigenvalue weighted by atomic mass is 15.0. The summed E-state index contributed by atoms with van der Waals surface area (Å²) in [5, 5.41) is 7.57. The highest BCUT2D eigenvalue weighted by Gasteiger charge is 2.52. The van der Waals surface area contributed by atoms with Crippen molar-refractivity contribution in [2.45, 2.75) is 5.41 Å². The average Bonchev–Trinajstić information content (AvgIpc) is 3.98. The van der Waals surface area contributed by atoms with Gasteiger partial charge in [0.25, 0.3) is 0 Å². The van der Waals surface area contributed by atoms with Crippen LogP contribution in [0.3, 0.4) is 0 Å². The maximum Gasteiger partial charge on any atom is 0.0731 e. The summed E-state index contributed by atoms with van der Waals surface area (Å²) < 4.78 is 2.38. The molecule has 2 aliphatic rings. The summed E-state index contributed by atoms with van der Waals surface area (Å²) in [5.41, 5.74) is 21.3. The fraction of sp³-hybridized carbons (Fsp3) is 0.0159. The van der Waals surface area contributed by atoms with Crippen molar-refractivity contribution < 1.29 is 0 Å². The molecule has 0 saturated carbocycles. The molecule has 0 amide bonds. The van der Waals surface area contributed by atoms with Crippen LogP contribution < -0.4 is 0 Å². The number of hydrogen-bond acceptors (Lipinski definition) is 0. The molecule has 11 aromatic carbocycles. The third-order valence-electron chi connectivity index (χ3n) is 14.4. The first kappa shape index (κ1) is 35.3. The molecule has 0 atom stereocenters. The minimum atomic E-state index is -0.437. The zero-order chi connectivity index (χ0) is 41.9. The van der Waals surface area contributed by atoms with E-state index in [9.17, 15) is 0 Å². The van der Waals surface area contributed by atoms with Gasteiger partial charge >= 0.3 is 0 Å². The van der Waals surface area contributed by atoms with Gasteiger partial charge in [0.15, 0.2) is 0 Å². The zero-order valence-corrected chi connectivity index (χ0v) is 35.0. The molecular weight excluding hydrogens is 771 g/mol. The van der Waals surface area contributed by atoms with Crippen LogP contribution >= 0.6 is 0 Å². The van der Waals surface area contributed by atoms with E-state index in [1.807, 2.05) is 0 Å². The molecule has 1 heteroatoms. The first-order valence-electron chi connectivity index (χ1n) is 22.3. The molecule has 0 unspecified atom stereocenters. The van der Waals surface area contributed by atoms with E-state index < -0.39 is 5.41 Å². The molecule has 1 nitrogen and oxygen atoms in total. The van der Waals surface area contributed by atoms with E-state index >= 15 is 0 Å². The van der Waals surface area contributed by atoms with Crippen molar-refractivity contribution in [2.75, 3.05) is 0 Å². The van der Waals surface area contributed by atoms with Crippen molar-refractivity contribution in [3.8, 4) is 61.3 Å². The van der Waals surface area contributed by atoms with Gasteiger partial charge in [0.1, 0.15) is 0 Å². The number of benzene rings is 11. The van der Waals surface area contributed by atoms with Crippen LogP contribution in [-0.2, 0) is 5.41 Å². The molecule has 1 heterocycles. The van der Waals surface area contributed by atoms with Crippen LogP contribution in [0.4, 0.5) is 0 Å². The van der Waals surface area contributed by atoms with Crippen molar-refractivity contribution in [3.63, 3.8) is 0 Å². The smallest absolute Gasteiger partial charge is 0.0731 e. The first-order chi connectivity index (χ1) is 31.7. The van der Waals surface area contributed by atoms with Crippen molar-refractivity contribution in [3.05, 3.63) is 259 Å². The van der Waals surface area contributed by atoms with E-state index in [2.05, 4.69) is 241 Å². The molecule has 0 bridgehead atoms. The van der Waals surface area contributed by atoms with Crippen molar-refractivity contribution in [1.29, 1.82) is 0 Å². The summed E-state index contributed by atoms with van der Waals surface area (Å²) in [6.45, 7) is 0. The Morgan fingerprint density at radius 2 is 0.766 bits per heavy atom. The van der Waals surface area contributed by atoms with Crippen LogP contribution in [0.25, 0.3) is 105 Å². The van der Waals surface area contributed by atoms with E-state index in [0.717, 1.165) is 0 Å². The fourth-order valence-electron chi connectivity index (χ4n) is 11.6. The Hall–Kier alpha value is -8.26. The van der Waals surface area contributed by atoms with Gasteiger partial charge in [-0.3, -0.25) is 0 Å². The topological polar surface area (TPSA) is 4.93 Å². The Labute approximate surface area is 371 Å². The highest BCUT2D eigenvalue weighted by Crippen LogP contribution is 2.64. The van der Waals surface area contributed by atoms with Crippen LogP contribution in [0.15, 0.2) is 237 Å². The van der Waals surface area contributed by atoms with Gasteiger partial charge in [-0.05, 0) is 154 Å². The highest BCUT2D eigenvalue weighted by molar-refractivity contribution is 6.11. The lowest BCUT2D eigenvalue weighted by molar-refractivity contribution is 0.801. The average molecular weight is 810 g/mol. The number of nitrogens with zero attached hydrogens (tertiary/aromatic N) is 1. The SMILES string of the molecule is c1ccc(-c2ccc3c(c2)C2(c4ccccc4-c4ccccc42)c2c-3ccc3cc(-c4ccc5cc(-c6ccc7c(c6)c6ccccc6n7-c6ccccc6)ccc5c4)ccc23)cc1. The number of rotatable bonds is 4. The molecule has 0 fully saturated rings. The predicted octanol–water partition coefficient (Wildman–Crippen LogP) is 16.4. The molecule has 12 aromatic rings. The maximum atomic E-state index is 2.48. The van der Waals surface area contributed by atoms with Gasteiger partial charge in [-0.15, -0.1) is 0 Å². The Bertz CT molecular complexity index is 3840. The van der Waals surface area contributed by atoms with Crippen LogP contribution in [0.5, 0.6) is 0 Å². The first-order valence-corrected chi connectivity index (χ1v) is 22.3. The van der Waals surface area contributed by atoms with Crippen molar-refractivity contribution >= 4 is 43.4 Å². The molecule has 14 rings (SSSR count). The van der Waals surface area contributed by atoms with Crippen molar-refractivity contribution in [2.24, 2.45) is 0 Å². The summed E-state index contributed by atoms with van der Waals surface area (Å²) in [7, 11) is 0. The third kappa shape index (κ3) is 4.90. The lowest BCUT2D eigenvalue weighted by atomic mass is 9.69. The second kappa shape index (κ2) is 13.4. The van der Waals surface area contributed by atoms with Gasteiger partial charge in [-0.1, -0.05) is 182 Å². The van der Waals surface area contributed by atoms with Crippen LogP contribution in [-0.4, -0.2) is 4.57 Å². The molecule has 296 valence electrons. The standard InChI is InChI=1S/C63H39N/c1-3-13-40(14-4-1)47-28-32-53-55-33-29-48-37-45(27-31-50(48)62(55)63(59(53)39-47)57-20-10-7-17-51(57)52-18-8-11-21-58(52)63)43-24-23-42-36-44(26-25-41(42)35-43)46-30-34-61-56(38-46)54-19-9-12-22-60(54)64(61)49-15-5-2-6-16-49/h1-39H. The van der Waals surface area contributed by atoms with Gasteiger partial charge in [-0.25, -0.2) is 0 Å². The van der Waals surface area contributed by atoms with E-state index in [4.69, 9.17) is 0 Å². The lowest BCUT2D eigenvalue weighted by Crippen LogP contribution is -2.26. The largest absolute Gasteiger partial charge is 0.309 e. The summed E-state index contributed by atoms with van der Waals surface area (Å²) in [6.07, 6.45) is 0. The summed E-state index contributed by atoms with van der Waals surface area (Å²) in [5.74, 6) is 0. The van der Waals surface area contributed by atoms with Crippen LogP contribution in [0.2, 0.25) is 0 Å². The Morgan fingerprint density at radius 1 is 0.266 bits per heavy atom. The normalized spacial score (nSPS) is 13.1. The van der Waals surface area contributed by atoms with Gasteiger partial charge in [0.2, 0.25) is 0 Å². The Kier molecular flexibility index (Phi) is 7.38. The molecular formula is C63H39N. The van der Waals surface area contributed by atoms with Gasteiger partial charge < -0.3 is 4.57 Å². The number of fused-ring (bicyclic) bond motifs is 16. The maximum absolute atomic E-state index is 2.48. The third-order valence-corrected chi connectivity index (χ3v) is 14.4. The number of hydrogen-bond donors (Lipinski definition) is 0. The molecule has 0 saturated heterocycles. The van der Waals surface area contributed by atoms with E-state index in [-0.39, 0.29) is 0 Å². The molecule has 64 heavy (non-hydrogen) atoms. The Balaban J connectivity index is 0.880. The van der Waals surface area contributed by atoms with Crippen molar-refractivity contribution in [1.82, 2.24) is 4.57 Å². The fourth-order valence-corrected chi connectivity index (χ4v) is 11.6. The van der Waals surface area contributed by atoms with E-state index in [1.54, 1.807) is 0 Å².